The van der Waals surface area contributed by atoms with E-state index in [1.165, 1.54) is 11.8 Å². The third-order valence-corrected chi connectivity index (χ3v) is 7.20. The molecular formula is C26H28N4O3S. The summed E-state index contributed by atoms with van der Waals surface area (Å²) in [6.45, 7) is 7.69. The summed E-state index contributed by atoms with van der Waals surface area (Å²) >= 11 is 1.53. The number of carbonyl (C=O) groups is 2. The molecule has 34 heavy (non-hydrogen) atoms. The highest BCUT2D eigenvalue weighted by atomic mass is 32.2. The maximum Gasteiger partial charge on any atom is 0.328 e. The Labute approximate surface area is 203 Å². The number of hydrogen-bond acceptors (Lipinski definition) is 7. The second-order valence-electron chi connectivity index (χ2n) is 9.20. The summed E-state index contributed by atoms with van der Waals surface area (Å²) in [6.07, 6.45) is 5.51. The average Bonchev–Trinajstić information content (AvgIpc) is 2.81. The molecule has 176 valence electrons. The number of ketones is 1. The molecule has 1 aliphatic rings. The lowest BCUT2D eigenvalue weighted by Gasteiger charge is -2.43. The third-order valence-electron chi connectivity index (χ3n) is 5.94. The topological polar surface area (TPSA) is 105 Å². The van der Waals surface area contributed by atoms with Crippen LogP contribution >= 0.6 is 11.8 Å². The number of nitrogens with zero attached hydrogens (tertiary/aromatic N) is 3. The summed E-state index contributed by atoms with van der Waals surface area (Å²) in [4.78, 5) is 37.7. The van der Waals surface area contributed by atoms with Gasteiger partial charge in [-0.2, -0.15) is 0 Å². The first-order chi connectivity index (χ1) is 16.2. The quantitative estimate of drug-likeness (QED) is 0.475. The van der Waals surface area contributed by atoms with E-state index < -0.39 is 17.4 Å². The van der Waals surface area contributed by atoms with Gasteiger partial charge in [0.1, 0.15) is 11.1 Å². The molecule has 1 aromatic carbocycles. The van der Waals surface area contributed by atoms with Crippen LogP contribution in [-0.2, 0) is 16.0 Å². The zero-order chi connectivity index (χ0) is 24.5. The number of aliphatic imine (C=N–C) groups is 1. The van der Waals surface area contributed by atoms with Gasteiger partial charge in [0.25, 0.3) is 0 Å². The van der Waals surface area contributed by atoms with Crippen molar-refractivity contribution >= 4 is 51.5 Å². The minimum atomic E-state index is -0.995. The lowest BCUT2D eigenvalue weighted by atomic mass is 9.68. The minimum absolute atomic E-state index is 0.113. The van der Waals surface area contributed by atoms with E-state index in [1.54, 1.807) is 18.6 Å². The standard InChI is InChI=1S/C26H28N4O3S/c1-15(2)34-21-22(26(3,4)23(21)31)30-20(25(32)33)13-16-5-7-18(8-6-16)29-24-19-14-27-11-9-17(19)10-12-28-24/h5-12,14-15,20-21H,13H2,1-4H3,(H,28,29)(H,32,33)/t20-,21?/m0/s1. The molecular weight excluding hydrogens is 448 g/mol. The number of rotatable bonds is 8. The van der Waals surface area contributed by atoms with Gasteiger partial charge in [-0.05, 0) is 49.1 Å². The van der Waals surface area contributed by atoms with Crippen molar-refractivity contribution in [1.82, 2.24) is 9.97 Å². The Morgan fingerprint density at radius 3 is 2.56 bits per heavy atom. The highest BCUT2D eigenvalue weighted by Crippen LogP contribution is 2.42. The normalized spacial score (nSPS) is 19.3. The van der Waals surface area contributed by atoms with E-state index in [0.717, 1.165) is 22.0 Å². The smallest absolute Gasteiger partial charge is 0.328 e. The molecule has 0 saturated heterocycles. The van der Waals surface area contributed by atoms with Gasteiger partial charge in [0.2, 0.25) is 0 Å². The number of carboxylic acid groups (broad SMARTS) is 1. The number of anilines is 2. The summed E-state index contributed by atoms with van der Waals surface area (Å²) < 4.78 is 0. The molecule has 1 aliphatic carbocycles. The van der Waals surface area contributed by atoms with Crippen LogP contribution in [0.2, 0.25) is 0 Å². The fourth-order valence-electron chi connectivity index (χ4n) is 4.01. The molecule has 7 nitrogen and oxygen atoms in total. The van der Waals surface area contributed by atoms with Crippen molar-refractivity contribution in [1.29, 1.82) is 0 Å². The van der Waals surface area contributed by atoms with Gasteiger partial charge in [-0.25, -0.2) is 9.78 Å². The van der Waals surface area contributed by atoms with E-state index >= 15 is 0 Å². The van der Waals surface area contributed by atoms with Gasteiger partial charge in [-0.1, -0.05) is 26.0 Å². The number of benzene rings is 1. The molecule has 1 unspecified atom stereocenters. The number of carboxylic acids is 1. The molecule has 1 saturated carbocycles. The molecule has 4 rings (SSSR count). The van der Waals surface area contributed by atoms with Gasteiger partial charge in [-0.15, -0.1) is 11.8 Å². The van der Waals surface area contributed by atoms with Crippen LogP contribution in [0.25, 0.3) is 10.8 Å². The molecule has 2 atom stereocenters. The Hall–Kier alpha value is -3.26. The number of Topliss-reactive ketones (excluding diaryl/α,β-unsaturated/α-hetero) is 1. The van der Waals surface area contributed by atoms with Crippen molar-refractivity contribution in [2.45, 2.75) is 50.7 Å². The number of pyridine rings is 2. The van der Waals surface area contributed by atoms with Crippen LogP contribution in [-0.4, -0.2) is 49.1 Å². The zero-order valence-electron chi connectivity index (χ0n) is 19.6. The number of aromatic nitrogens is 2. The highest BCUT2D eigenvalue weighted by molar-refractivity contribution is 8.02. The predicted octanol–water partition coefficient (Wildman–Crippen LogP) is 4.93. The molecule has 2 aromatic heterocycles. The van der Waals surface area contributed by atoms with E-state index in [4.69, 9.17) is 0 Å². The summed E-state index contributed by atoms with van der Waals surface area (Å²) in [5.41, 5.74) is 1.66. The molecule has 2 N–H and O–H groups in total. The summed E-state index contributed by atoms with van der Waals surface area (Å²) in [6, 6.07) is 10.5. The van der Waals surface area contributed by atoms with Crippen LogP contribution < -0.4 is 5.32 Å². The van der Waals surface area contributed by atoms with Gasteiger partial charge in [0.05, 0.1) is 5.41 Å². The number of thioether (sulfide) groups is 1. The average molecular weight is 477 g/mol. The molecule has 0 radical (unpaired) electrons. The van der Waals surface area contributed by atoms with Crippen molar-refractivity contribution in [3.8, 4) is 0 Å². The van der Waals surface area contributed by atoms with Crippen LogP contribution in [0.5, 0.6) is 0 Å². The summed E-state index contributed by atoms with van der Waals surface area (Å²) in [5, 5.41) is 15.0. The summed E-state index contributed by atoms with van der Waals surface area (Å²) in [7, 11) is 0. The number of carbonyl (C=O) groups excluding carboxylic acids is 1. The molecule has 2 heterocycles. The molecule has 1 fully saturated rings. The number of fused-ring (bicyclic) bond motifs is 1. The van der Waals surface area contributed by atoms with Gasteiger partial charge >= 0.3 is 5.97 Å². The van der Waals surface area contributed by atoms with Gasteiger partial charge in [0.15, 0.2) is 11.8 Å². The second-order valence-corrected chi connectivity index (χ2v) is 10.9. The Kier molecular flexibility index (Phi) is 6.70. The number of aliphatic carboxylic acids is 1. The first-order valence-electron chi connectivity index (χ1n) is 11.2. The lowest BCUT2D eigenvalue weighted by Crippen LogP contribution is -2.58. The first-order valence-corrected chi connectivity index (χ1v) is 12.2. The van der Waals surface area contributed by atoms with Gasteiger partial charge in [-0.3, -0.25) is 14.8 Å². The van der Waals surface area contributed by atoms with Crippen molar-refractivity contribution in [2.75, 3.05) is 5.32 Å². The zero-order valence-corrected chi connectivity index (χ0v) is 20.5. The summed E-state index contributed by atoms with van der Waals surface area (Å²) in [5.74, 6) is -0.175. The van der Waals surface area contributed by atoms with Crippen molar-refractivity contribution in [3.05, 3.63) is 60.6 Å². The molecule has 8 heteroatoms. The Balaban J connectivity index is 1.51. The van der Waals surface area contributed by atoms with Crippen LogP contribution in [0.3, 0.4) is 0 Å². The Morgan fingerprint density at radius 1 is 1.18 bits per heavy atom. The monoisotopic (exact) mass is 476 g/mol. The molecule has 3 aromatic rings. The maximum atomic E-state index is 12.5. The first kappa shape index (κ1) is 23.9. The van der Waals surface area contributed by atoms with E-state index in [0.29, 0.717) is 11.5 Å². The largest absolute Gasteiger partial charge is 0.480 e. The van der Waals surface area contributed by atoms with E-state index in [1.807, 2.05) is 64.1 Å². The van der Waals surface area contributed by atoms with Crippen molar-refractivity contribution < 1.29 is 14.7 Å². The van der Waals surface area contributed by atoms with Crippen LogP contribution in [0.15, 0.2) is 60.0 Å². The second kappa shape index (κ2) is 9.54. The Bertz CT molecular complexity index is 1250. The van der Waals surface area contributed by atoms with Crippen LogP contribution in [0.4, 0.5) is 11.5 Å². The minimum Gasteiger partial charge on any atom is -0.480 e. The van der Waals surface area contributed by atoms with E-state index in [9.17, 15) is 14.7 Å². The SMILES string of the molecule is CC(C)SC1C(=O)C(C)(C)C1=N[C@@H](Cc1ccc(Nc2nccc3ccncc23)cc1)C(=O)O. The Morgan fingerprint density at radius 2 is 1.88 bits per heavy atom. The highest BCUT2D eigenvalue weighted by Gasteiger charge is 2.54. The number of nitrogens with one attached hydrogen (secondary N) is 1. The van der Waals surface area contributed by atoms with Crippen molar-refractivity contribution in [3.63, 3.8) is 0 Å². The van der Waals surface area contributed by atoms with Gasteiger partial charge < -0.3 is 10.4 Å². The van der Waals surface area contributed by atoms with Crippen molar-refractivity contribution in [2.24, 2.45) is 10.4 Å². The van der Waals surface area contributed by atoms with E-state index in [-0.39, 0.29) is 22.7 Å². The molecule has 0 bridgehead atoms. The lowest BCUT2D eigenvalue weighted by molar-refractivity contribution is -0.138. The molecule has 0 spiro atoms. The number of hydrogen-bond donors (Lipinski definition) is 2. The van der Waals surface area contributed by atoms with Gasteiger partial charge in [0, 0.05) is 47.0 Å². The van der Waals surface area contributed by atoms with Crippen LogP contribution in [0.1, 0.15) is 33.3 Å². The van der Waals surface area contributed by atoms with E-state index in [2.05, 4.69) is 20.3 Å². The fourth-order valence-corrected chi connectivity index (χ4v) is 5.45. The maximum absolute atomic E-state index is 12.5. The van der Waals surface area contributed by atoms with Crippen LogP contribution in [0, 0.1) is 5.41 Å². The third kappa shape index (κ3) is 4.82. The molecule has 0 aliphatic heterocycles. The predicted molar refractivity (Wildman–Crippen MR) is 137 cm³/mol. The fraction of sp³-hybridized carbons (Fsp3) is 0.346. The molecule has 0 amide bonds.